The van der Waals surface area contributed by atoms with E-state index in [0.717, 1.165) is 33.5 Å². The molecule has 0 spiro atoms. The van der Waals surface area contributed by atoms with E-state index in [0.29, 0.717) is 13.0 Å². The maximum Gasteiger partial charge on any atom is 0.328 e. The number of nitrogens with one attached hydrogen (secondary N) is 1. The summed E-state index contributed by atoms with van der Waals surface area (Å²) in [6, 6.07) is 14.8. The second kappa shape index (κ2) is 6.12. The number of imide groups is 1. The third-order valence-electron chi connectivity index (χ3n) is 5.88. The van der Waals surface area contributed by atoms with Gasteiger partial charge in [0.25, 0.3) is 5.91 Å². The summed E-state index contributed by atoms with van der Waals surface area (Å²) in [5.41, 5.74) is 4.09. The predicted molar refractivity (Wildman–Crippen MR) is 105 cm³/mol. The molecule has 0 bridgehead atoms. The number of hydrogen-bond acceptors (Lipinski definition) is 3. The number of rotatable bonds is 3. The standard InChI is InChI=1S/C22H21N3O3/c1-3-24-21(26)18-12-16-15-6-4-5-7-17(15)23-19(16)20(25(18)22(24)27)13-8-10-14(28-2)11-9-13/h4-11,18,20,23H,3,12H2,1-2H3/t18-,20-/m0/s1. The molecule has 1 fully saturated rings. The average Bonchev–Trinajstić information content (AvgIpc) is 3.21. The van der Waals surface area contributed by atoms with Gasteiger partial charge in [-0.2, -0.15) is 0 Å². The van der Waals surface area contributed by atoms with Crippen LogP contribution in [0.25, 0.3) is 10.9 Å². The van der Waals surface area contributed by atoms with Gasteiger partial charge in [0.15, 0.2) is 0 Å². The number of nitrogens with zero attached hydrogens (tertiary/aromatic N) is 2. The summed E-state index contributed by atoms with van der Waals surface area (Å²) in [6.07, 6.45) is 0.535. The molecular formula is C22H21N3O3. The molecule has 2 aliphatic rings. The molecule has 1 saturated heterocycles. The van der Waals surface area contributed by atoms with Gasteiger partial charge in [-0.05, 0) is 36.2 Å². The second-order valence-electron chi connectivity index (χ2n) is 7.23. The van der Waals surface area contributed by atoms with Crippen molar-refractivity contribution in [2.75, 3.05) is 13.7 Å². The highest BCUT2D eigenvalue weighted by atomic mass is 16.5. The number of carbonyl (C=O) groups excluding carboxylic acids is 2. The van der Waals surface area contributed by atoms with Gasteiger partial charge >= 0.3 is 6.03 Å². The highest BCUT2D eigenvalue weighted by molar-refractivity contribution is 6.05. The Kier molecular flexibility index (Phi) is 3.69. The Morgan fingerprint density at radius 2 is 1.86 bits per heavy atom. The third kappa shape index (κ3) is 2.21. The molecule has 6 heteroatoms. The maximum absolute atomic E-state index is 13.1. The molecule has 142 valence electrons. The number of methoxy groups -OCH3 is 1. The predicted octanol–water partition coefficient (Wildman–Crippen LogP) is 3.47. The van der Waals surface area contributed by atoms with Gasteiger partial charge in [-0.25, -0.2) is 4.79 Å². The smallest absolute Gasteiger partial charge is 0.328 e. The Bertz CT molecular complexity index is 1090. The Hall–Kier alpha value is -3.28. The van der Waals surface area contributed by atoms with Crippen molar-refractivity contribution in [3.8, 4) is 5.75 Å². The second-order valence-corrected chi connectivity index (χ2v) is 7.23. The van der Waals surface area contributed by atoms with Crippen molar-refractivity contribution in [3.63, 3.8) is 0 Å². The minimum absolute atomic E-state index is 0.109. The van der Waals surface area contributed by atoms with E-state index in [-0.39, 0.29) is 18.0 Å². The molecule has 3 heterocycles. The molecular weight excluding hydrogens is 354 g/mol. The number of fused-ring (bicyclic) bond motifs is 4. The average molecular weight is 375 g/mol. The lowest BCUT2D eigenvalue weighted by atomic mass is 9.89. The quantitative estimate of drug-likeness (QED) is 0.713. The van der Waals surface area contributed by atoms with E-state index in [1.165, 1.54) is 4.90 Å². The summed E-state index contributed by atoms with van der Waals surface area (Å²) in [5, 5.41) is 1.12. The van der Waals surface area contributed by atoms with E-state index in [1.807, 2.05) is 49.4 Å². The summed E-state index contributed by atoms with van der Waals surface area (Å²) < 4.78 is 5.28. The summed E-state index contributed by atoms with van der Waals surface area (Å²) in [4.78, 5) is 32.7. The Labute approximate surface area is 162 Å². The molecule has 3 aromatic rings. The molecule has 2 atom stereocenters. The van der Waals surface area contributed by atoms with Crippen LogP contribution >= 0.6 is 0 Å². The van der Waals surface area contributed by atoms with Crippen LogP contribution in [0, 0.1) is 0 Å². The van der Waals surface area contributed by atoms with Crippen LogP contribution in [0.15, 0.2) is 48.5 Å². The minimum atomic E-state index is -0.466. The summed E-state index contributed by atoms with van der Waals surface area (Å²) in [5.74, 6) is 0.647. The van der Waals surface area contributed by atoms with E-state index in [4.69, 9.17) is 4.74 Å². The fourth-order valence-corrected chi connectivity index (χ4v) is 4.55. The van der Waals surface area contributed by atoms with Crippen molar-refractivity contribution in [1.29, 1.82) is 0 Å². The molecule has 3 amide bonds. The number of H-pyrrole nitrogens is 1. The van der Waals surface area contributed by atoms with Gasteiger partial charge in [0.05, 0.1) is 7.11 Å². The fourth-order valence-electron chi connectivity index (χ4n) is 4.55. The maximum atomic E-state index is 13.1. The third-order valence-corrected chi connectivity index (χ3v) is 5.88. The van der Waals surface area contributed by atoms with Crippen molar-refractivity contribution in [1.82, 2.24) is 14.8 Å². The van der Waals surface area contributed by atoms with Gasteiger partial charge in [-0.1, -0.05) is 30.3 Å². The van der Waals surface area contributed by atoms with Crippen LogP contribution < -0.4 is 4.74 Å². The van der Waals surface area contributed by atoms with E-state index in [9.17, 15) is 9.59 Å². The summed E-state index contributed by atoms with van der Waals surface area (Å²) in [7, 11) is 1.63. The van der Waals surface area contributed by atoms with Crippen LogP contribution in [0.3, 0.4) is 0 Å². The molecule has 28 heavy (non-hydrogen) atoms. The number of likely N-dealkylation sites (N-methyl/N-ethyl adjacent to an activating group) is 1. The number of aromatic amines is 1. The van der Waals surface area contributed by atoms with Gasteiger partial charge < -0.3 is 9.72 Å². The van der Waals surface area contributed by atoms with Gasteiger partial charge in [-0.15, -0.1) is 0 Å². The van der Waals surface area contributed by atoms with Crippen LogP contribution in [0.4, 0.5) is 4.79 Å². The zero-order valence-electron chi connectivity index (χ0n) is 15.8. The highest BCUT2D eigenvalue weighted by Crippen LogP contribution is 2.44. The molecule has 2 aromatic carbocycles. The Balaban J connectivity index is 1.73. The molecule has 5 rings (SSSR count). The molecule has 2 aliphatic heterocycles. The molecule has 0 saturated carbocycles. The van der Waals surface area contributed by atoms with Crippen LogP contribution in [-0.4, -0.2) is 46.4 Å². The molecule has 1 aromatic heterocycles. The van der Waals surface area contributed by atoms with E-state index in [2.05, 4.69) is 11.1 Å². The highest BCUT2D eigenvalue weighted by Gasteiger charge is 2.51. The van der Waals surface area contributed by atoms with Crippen molar-refractivity contribution in [2.24, 2.45) is 0 Å². The SMILES string of the molecule is CCN1C(=O)[C@@H]2Cc3c([nH]c4ccccc34)[C@H](c3ccc(OC)cc3)N2C1=O. The van der Waals surface area contributed by atoms with Crippen molar-refractivity contribution in [3.05, 3.63) is 65.4 Å². The van der Waals surface area contributed by atoms with Crippen molar-refractivity contribution < 1.29 is 14.3 Å². The molecule has 0 aliphatic carbocycles. The normalized spacial score (nSPS) is 21.2. The molecule has 0 radical (unpaired) electrons. The first kappa shape index (κ1) is 16.9. The van der Waals surface area contributed by atoms with Gasteiger partial charge in [-0.3, -0.25) is 14.6 Å². The first-order valence-electron chi connectivity index (χ1n) is 9.51. The van der Waals surface area contributed by atoms with Crippen molar-refractivity contribution >= 4 is 22.8 Å². The number of hydrogen-bond donors (Lipinski definition) is 1. The van der Waals surface area contributed by atoms with Crippen LogP contribution in [-0.2, 0) is 11.2 Å². The number of amides is 3. The minimum Gasteiger partial charge on any atom is -0.497 e. The Morgan fingerprint density at radius 3 is 2.57 bits per heavy atom. The van der Waals surface area contributed by atoms with Gasteiger partial charge in [0.1, 0.15) is 17.8 Å². The van der Waals surface area contributed by atoms with Gasteiger partial charge in [0.2, 0.25) is 0 Å². The summed E-state index contributed by atoms with van der Waals surface area (Å²) >= 11 is 0. The zero-order valence-corrected chi connectivity index (χ0v) is 15.8. The topological polar surface area (TPSA) is 65.6 Å². The largest absolute Gasteiger partial charge is 0.497 e. The fraction of sp³-hybridized carbons (Fsp3) is 0.273. The van der Waals surface area contributed by atoms with E-state index < -0.39 is 6.04 Å². The van der Waals surface area contributed by atoms with Crippen LogP contribution in [0.5, 0.6) is 5.75 Å². The number of para-hydroxylation sites is 1. The number of ether oxygens (including phenoxy) is 1. The lowest BCUT2D eigenvalue weighted by Gasteiger charge is -2.36. The molecule has 1 N–H and O–H groups in total. The number of carbonyl (C=O) groups is 2. The van der Waals surface area contributed by atoms with Gasteiger partial charge in [0, 0.05) is 29.6 Å². The first-order chi connectivity index (χ1) is 13.6. The molecule has 6 nitrogen and oxygen atoms in total. The van der Waals surface area contributed by atoms with E-state index in [1.54, 1.807) is 12.0 Å². The van der Waals surface area contributed by atoms with Crippen molar-refractivity contribution in [2.45, 2.75) is 25.4 Å². The Morgan fingerprint density at radius 1 is 1.11 bits per heavy atom. The molecule has 0 unspecified atom stereocenters. The van der Waals surface area contributed by atoms with Crippen LogP contribution in [0.2, 0.25) is 0 Å². The zero-order chi connectivity index (χ0) is 19.4. The number of aromatic nitrogens is 1. The number of benzene rings is 2. The monoisotopic (exact) mass is 375 g/mol. The lowest BCUT2D eigenvalue weighted by molar-refractivity contribution is -0.128. The summed E-state index contributed by atoms with van der Waals surface area (Å²) in [6.45, 7) is 2.22. The lowest BCUT2D eigenvalue weighted by Crippen LogP contribution is -2.44. The number of urea groups is 1. The first-order valence-corrected chi connectivity index (χ1v) is 9.51. The van der Waals surface area contributed by atoms with E-state index >= 15 is 0 Å². The van der Waals surface area contributed by atoms with Crippen LogP contribution in [0.1, 0.15) is 29.8 Å².